The van der Waals surface area contributed by atoms with Crippen LogP contribution in [-0.4, -0.2) is 75.3 Å². The number of nitrogens with one attached hydrogen (secondary N) is 2. The molecule has 0 radical (unpaired) electrons. The number of amides is 1. The van der Waals surface area contributed by atoms with E-state index in [1.165, 1.54) is 12.3 Å². The summed E-state index contributed by atoms with van der Waals surface area (Å²) in [5, 5.41) is 20.8. The van der Waals surface area contributed by atoms with Gasteiger partial charge in [0.1, 0.15) is 18.1 Å². The summed E-state index contributed by atoms with van der Waals surface area (Å²) in [5.41, 5.74) is 11.9. The molecule has 224 valence electrons. The molecule has 0 aliphatic heterocycles. The number of hydrogen-bond acceptors (Lipinski definition) is 13. The normalized spacial score (nSPS) is 13.1. The number of thiazole rings is 1. The van der Waals surface area contributed by atoms with Crippen LogP contribution in [0.3, 0.4) is 0 Å². The molecular formula is C27H34N8O6S. The molecule has 14 nitrogen and oxygen atoms in total. The first-order valence-electron chi connectivity index (χ1n) is 12.9. The number of nitrogens with two attached hydrogens (primary N) is 2. The van der Waals surface area contributed by atoms with E-state index in [4.69, 9.17) is 21.0 Å². The van der Waals surface area contributed by atoms with E-state index in [2.05, 4.69) is 30.7 Å². The third kappa shape index (κ3) is 8.94. The summed E-state index contributed by atoms with van der Waals surface area (Å²) in [6, 6.07) is 6.01. The number of aromatic nitrogens is 3. The van der Waals surface area contributed by atoms with Gasteiger partial charge in [0.05, 0.1) is 6.04 Å². The molecule has 0 aliphatic carbocycles. The Morgan fingerprint density at radius 2 is 1.79 bits per heavy atom. The van der Waals surface area contributed by atoms with Crippen molar-refractivity contribution in [2.24, 2.45) is 16.3 Å². The number of nitrogen functional groups attached to an aromatic ring is 1. The molecule has 0 aliphatic rings. The van der Waals surface area contributed by atoms with Crippen LogP contribution in [0.2, 0.25) is 0 Å². The fraction of sp³-hybridized carbons (Fsp3) is 0.370. The van der Waals surface area contributed by atoms with Gasteiger partial charge in [-0.2, -0.15) is 0 Å². The van der Waals surface area contributed by atoms with E-state index in [0.717, 1.165) is 22.5 Å². The minimum absolute atomic E-state index is 0.0685. The van der Waals surface area contributed by atoms with Gasteiger partial charge < -0.3 is 36.8 Å². The van der Waals surface area contributed by atoms with E-state index in [0.29, 0.717) is 24.8 Å². The third-order valence-corrected chi connectivity index (χ3v) is 6.42. The van der Waals surface area contributed by atoms with Crippen LogP contribution >= 0.6 is 11.3 Å². The first kappa shape index (κ1) is 31.9. The Bertz CT molecular complexity index is 1400. The molecule has 3 aromatic rings. The van der Waals surface area contributed by atoms with Gasteiger partial charge in [-0.1, -0.05) is 38.1 Å². The van der Waals surface area contributed by atoms with Crippen LogP contribution in [0.1, 0.15) is 33.4 Å². The molecule has 2 heterocycles. The lowest BCUT2D eigenvalue weighted by Crippen LogP contribution is -2.50. The summed E-state index contributed by atoms with van der Waals surface area (Å²) in [6.07, 6.45) is 1.76. The number of benzene rings is 1. The Morgan fingerprint density at radius 3 is 2.31 bits per heavy atom. The maximum Gasteiger partial charge on any atom is 0.351 e. The maximum atomic E-state index is 13.1. The van der Waals surface area contributed by atoms with Crippen LogP contribution < -0.4 is 26.8 Å². The lowest BCUT2D eigenvalue weighted by Gasteiger charge is -2.29. The van der Waals surface area contributed by atoms with Crippen LogP contribution in [-0.2, 0) is 19.2 Å². The Kier molecular flexibility index (Phi) is 10.9. The van der Waals surface area contributed by atoms with Gasteiger partial charge in [0, 0.05) is 36.4 Å². The number of carbonyl (C=O) groups is 3. The molecule has 7 N–H and O–H groups in total. The first-order chi connectivity index (χ1) is 19.9. The predicted molar refractivity (Wildman–Crippen MR) is 158 cm³/mol. The van der Waals surface area contributed by atoms with Crippen LogP contribution in [0, 0.1) is 5.41 Å². The number of anilines is 2. The second-order valence-corrected chi connectivity index (χ2v) is 11.1. The van der Waals surface area contributed by atoms with Crippen LogP contribution in [0.5, 0.6) is 5.75 Å². The summed E-state index contributed by atoms with van der Waals surface area (Å²) < 4.78 is 5.62. The Labute approximate surface area is 246 Å². The van der Waals surface area contributed by atoms with Crippen molar-refractivity contribution in [1.82, 2.24) is 20.3 Å². The van der Waals surface area contributed by atoms with Crippen LogP contribution in [0.4, 0.5) is 11.1 Å². The topological polar surface area (TPSA) is 217 Å². The van der Waals surface area contributed by atoms with Gasteiger partial charge in [0.25, 0.3) is 12.0 Å². The van der Waals surface area contributed by atoms with E-state index in [1.807, 2.05) is 0 Å². The number of oxime groups is 1. The zero-order valence-electron chi connectivity index (χ0n) is 23.7. The molecule has 15 heteroatoms. The molecule has 0 fully saturated rings. The number of rotatable bonds is 14. The van der Waals surface area contributed by atoms with Crippen molar-refractivity contribution >= 4 is 45.8 Å². The number of hydrogen-bond donors (Lipinski definition) is 5. The molecule has 42 heavy (non-hydrogen) atoms. The smallest absolute Gasteiger partial charge is 0.351 e. The second kappa shape index (κ2) is 14.3. The Hall–Kier alpha value is -4.63. The monoisotopic (exact) mass is 598 g/mol. The summed E-state index contributed by atoms with van der Waals surface area (Å²) in [5.74, 6) is -1.56. The number of ketones is 1. The summed E-state index contributed by atoms with van der Waals surface area (Å²) >= 11 is 1.06. The average Bonchev–Trinajstić information content (AvgIpc) is 3.37. The van der Waals surface area contributed by atoms with Crippen molar-refractivity contribution in [2.75, 3.05) is 30.7 Å². The lowest BCUT2D eigenvalue weighted by atomic mass is 9.84. The standard InChI is InChI=1S/C27H34N8O6S/c1-15(36)22(27(2,3)4)34-23(37)21(19-14-42-25(29)33-19)35-41-20(24(38)39)13-40-18-7-5-16(6-8-18)17-11-31-26(32-12-17)30-10-9-28/h5-8,11-12,14,20,22H,9-10,13,28H2,1-4H3,(H2,29,33)(H,34,37)(H,38,39)(H,30,31,32)/b35-21-/t20?,22-/m1/s1. The minimum Gasteiger partial charge on any atom is -0.489 e. The highest BCUT2D eigenvalue weighted by Crippen LogP contribution is 2.23. The highest BCUT2D eigenvalue weighted by atomic mass is 32.1. The van der Waals surface area contributed by atoms with Crippen LogP contribution in [0.25, 0.3) is 11.1 Å². The van der Waals surface area contributed by atoms with Gasteiger partial charge in [0.15, 0.2) is 16.6 Å². The minimum atomic E-state index is -1.57. The fourth-order valence-electron chi connectivity index (χ4n) is 3.66. The molecule has 3 rings (SSSR count). The summed E-state index contributed by atoms with van der Waals surface area (Å²) in [7, 11) is 0. The molecule has 0 saturated carbocycles. The van der Waals surface area contributed by atoms with E-state index in [-0.39, 0.29) is 22.3 Å². The summed E-state index contributed by atoms with van der Waals surface area (Å²) in [4.78, 5) is 55.0. The highest BCUT2D eigenvalue weighted by molar-refractivity contribution is 7.13. The Balaban J connectivity index is 1.71. The molecule has 2 atom stereocenters. The van der Waals surface area contributed by atoms with E-state index < -0.39 is 36.0 Å². The van der Waals surface area contributed by atoms with Gasteiger partial charge in [-0.15, -0.1) is 11.3 Å². The molecule has 1 unspecified atom stereocenters. The number of carboxylic acids is 1. The zero-order chi connectivity index (χ0) is 30.9. The zero-order valence-corrected chi connectivity index (χ0v) is 24.5. The molecular weight excluding hydrogens is 564 g/mol. The number of nitrogens with zero attached hydrogens (tertiary/aromatic N) is 4. The molecule has 0 spiro atoms. The second-order valence-electron chi connectivity index (χ2n) is 10.2. The van der Waals surface area contributed by atoms with E-state index in [9.17, 15) is 19.5 Å². The van der Waals surface area contributed by atoms with Crippen molar-refractivity contribution < 1.29 is 29.1 Å². The number of carboxylic acid groups (broad SMARTS) is 1. The van der Waals surface area contributed by atoms with Gasteiger partial charge >= 0.3 is 5.97 Å². The van der Waals surface area contributed by atoms with Gasteiger partial charge in [-0.25, -0.2) is 19.7 Å². The van der Waals surface area contributed by atoms with Crippen molar-refractivity contribution in [1.29, 1.82) is 0 Å². The van der Waals surface area contributed by atoms with Crippen molar-refractivity contribution in [3.8, 4) is 16.9 Å². The van der Waals surface area contributed by atoms with E-state index >= 15 is 0 Å². The van der Waals surface area contributed by atoms with Crippen molar-refractivity contribution in [3.05, 3.63) is 47.7 Å². The molecule has 0 saturated heterocycles. The molecule has 1 amide bonds. The first-order valence-corrected chi connectivity index (χ1v) is 13.8. The fourth-order valence-corrected chi connectivity index (χ4v) is 4.21. The maximum absolute atomic E-state index is 13.1. The highest BCUT2D eigenvalue weighted by Gasteiger charge is 2.33. The van der Waals surface area contributed by atoms with Gasteiger partial charge in [-0.3, -0.25) is 9.59 Å². The average molecular weight is 599 g/mol. The van der Waals surface area contributed by atoms with Crippen molar-refractivity contribution in [3.63, 3.8) is 0 Å². The largest absolute Gasteiger partial charge is 0.489 e. The van der Waals surface area contributed by atoms with Gasteiger partial charge in [-0.05, 0) is 30.0 Å². The lowest BCUT2D eigenvalue weighted by molar-refractivity contribution is -0.152. The molecule has 0 bridgehead atoms. The molecule has 2 aromatic heterocycles. The number of ether oxygens (including phenoxy) is 1. The molecule has 1 aromatic carbocycles. The number of Topliss-reactive ketones (excluding diaryl/α,β-unsaturated/α-hetero) is 1. The van der Waals surface area contributed by atoms with Gasteiger partial charge in [0.2, 0.25) is 5.95 Å². The third-order valence-electron chi connectivity index (χ3n) is 5.74. The predicted octanol–water partition coefficient (Wildman–Crippen LogP) is 1.93. The van der Waals surface area contributed by atoms with Crippen LogP contribution in [0.15, 0.2) is 47.2 Å². The SMILES string of the molecule is CC(=O)[C@@H](NC(=O)/C(=N\OC(COc1ccc(-c2cnc(NCCN)nc2)cc1)C(=O)O)c1csc(N)n1)C(C)(C)C. The Morgan fingerprint density at radius 1 is 1.12 bits per heavy atom. The quantitative estimate of drug-likeness (QED) is 0.133. The van der Waals surface area contributed by atoms with E-state index in [1.54, 1.807) is 57.4 Å². The van der Waals surface area contributed by atoms with Crippen molar-refractivity contribution in [2.45, 2.75) is 39.8 Å². The number of carbonyl (C=O) groups excluding carboxylic acids is 2. The number of aliphatic carboxylic acids is 1. The summed E-state index contributed by atoms with van der Waals surface area (Å²) in [6.45, 7) is 7.35.